The first-order valence-electron chi connectivity index (χ1n) is 10.3. The monoisotopic (exact) mass is 321 g/mol. The van der Waals surface area contributed by atoms with Crippen LogP contribution in [0.15, 0.2) is 12.4 Å². The first-order valence-corrected chi connectivity index (χ1v) is 10.3. The number of aromatic nitrogens is 2. The van der Waals surface area contributed by atoms with E-state index < -0.39 is 0 Å². The minimum absolute atomic E-state index is 0.612. The maximum atomic E-state index is 2.51. The fraction of sp³-hybridized carbons (Fsp3) is 0.857. The molecular weight excluding hydrogens is 280 g/mol. The normalized spacial score (nSPS) is 11.5. The quantitative estimate of drug-likeness (QED) is 0.284. The van der Waals surface area contributed by atoms with Crippen molar-refractivity contribution >= 4 is 0 Å². The van der Waals surface area contributed by atoms with Crippen molar-refractivity contribution in [3.05, 3.63) is 18.2 Å². The van der Waals surface area contributed by atoms with Gasteiger partial charge in [-0.05, 0) is 25.7 Å². The van der Waals surface area contributed by atoms with Crippen LogP contribution >= 0.6 is 0 Å². The molecule has 0 radical (unpaired) electrons. The maximum Gasteiger partial charge on any atom is 0.258 e. The topological polar surface area (TPSA) is 8.81 Å². The SMILES string of the molecule is CCCCCCCCCCn1cc[n+](CCCCC)c1C(C)C. The molecule has 0 aromatic carbocycles. The van der Waals surface area contributed by atoms with Crippen LogP contribution in [0.5, 0.6) is 0 Å². The van der Waals surface area contributed by atoms with Crippen LogP contribution in [0.1, 0.15) is 110 Å². The summed E-state index contributed by atoms with van der Waals surface area (Å²) in [5.41, 5.74) is 0. The molecule has 0 atom stereocenters. The van der Waals surface area contributed by atoms with E-state index in [0.717, 1.165) is 0 Å². The zero-order valence-electron chi connectivity index (χ0n) is 16.3. The fourth-order valence-electron chi connectivity index (χ4n) is 3.47. The predicted molar refractivity (Wildman–Crippen MR) is 101 cm³/mol. The van der Waals surface area contributed by atoms with Crippen molar-refractivity contribution in [2.45, 2.75) is 117 Å². The summed E-state index contributed by atoms with van der Waals surface area (Å²) >= 11 is 0. The third-order valence-electron chi connectivity index (χ3n) is 4.79. The highest BCUT2D eigenvalue weighted by atomic mass is 15.1. The summed E-state index contributed by atoms with van der Waals surface area (Å²) < 4.78 is 5.00. The average molecular weight is 322 g/mol. The van der Waals surface area contributed by atoms with Crippen LogP contribution in [0.2, 0.25) is 0 Å². The van der Waals surface area contributed by atoms with E-state index in [-0.39, 0.29) is 0 Å². The molecule has 0 bridgehead atoms. The molecule has 0 fully saturated rings. The fourth-order valence-corrected chi connectivity index (χ4v) is 3.47. The van der Waals surface area contributed by atoms with Crippen LogP contribution in [0.25, 0.3) is 0 Å². The molecule has 0 saturated carbocycles. The molecule has 0 aliphatic heterocycles. The summed E-state index contributed by atoms with van der Waals surface area (Å²) in [5, 5.41) is 0. The van der Waals surface area contributed by atoms with Crippen molar-refractivity contribution in [1.82, 2.24) is 4.57 Å². The highest BCUT2D eigenvalue weighted by Crippen LogP contribution is 2.14. The Labute approximate surface area is 145 Å². The van der Waals surface area contributed by atoms with Gasteiger partial charge in [0.2, 0.25) is 0 Å². The van der Waals surface area contributed by atoms with Gasteiger partial charge in [0, 0.05) is 0 Å². The zero-order valence-corrected chi connectivity index (χ0v) is 16.3. The van der Waals surface area contributed by atoms with Crippen LogP contribution in [0, 0.1) is 0 Å². The zero-order chi connectivity index (χ0) is 16.9. The summed E-state index contributed by atoms with van der Waals surface area (Å²) in [6, 6.07) is 0. The van der Waals surface area contributed by atoms with Crippen LogP contribution in [0.3, 0.4) is 0 Å². The molecule has 0 saturated heterocycles. The number of hydrogen-bond donors (Lipinski definition) is 0. The maximum absolute atomic E-state index is 2.51. The van der Waals surface area contributed by atoms with E-state index in [9.17, 15) is 0 Å². The molecule has 0 aliphatic carbocycles. The molecule has 0 aliphatic rings. The predicted octanol–water partition coefficient (Wildman–Crippen LogP) is 6.23. The minimum Gasteiger partial charge on any atom is -0.234 e. The second-order valence-corrected chi connectivity index (χ2v) is 7.38. The highest BCUT2D eigenvalue weighted by molar-refractivity contribution is 4.89. The van der Waals surface area contributed by atoms with Gasteiger partial charge in [0.1, 0.15) is 12.4 Å². The summed E-state index contributed by atoms with van der Waals surface area (Å²) in [4.78, 5) is 0. The number of aryl methyl sites for hydroxylation is 2. The Morgan fingerprint density at radius 1 is 0.826 bits per heavy atom. The summed E-state index contributed by atoms with van der Waals surface area (Å²) in [7, 11) is 0. The van der Waals surface area contributed by atoms with Gasteiger partial charge < -0.3 is 0 Å². The van der Waals surface area contributed by atoms with Crippen molar-refractivity contribution in [2.75, 3.05) is 0 Å². The second-order valence-electron chi connectivity index (χ2n) is 7.38. The molecule has 0 spiro atoms. The number of hydrogen-bond acceptors (Lipinski definition) is 0. The smallest absolute Gasteiger partial charge is 0.234 e. The van der Waals surface area contributed by atoms with E-state index in [1.165, 1.54) is 89.5 Å². The van der Waals surface area contributed by atoms with Crippen molar-refractivity contribution < 1.29 is 4.57 Å². The molecule has 134 valence electrons. The molecule has 1 aromatic rings. The minimum atomic E-state index is 0.612. The lowest BCUT2D eigenvalue weighted by molar-refractivity contribution is -0.705. The van der Waals surface area contributed by atoms with Crippen LogP contribution in [-0.4, -0.2) is 4.57 Å². The van der Waals surface area contributed by atoms with Crippen molar-refractivity contribution in [3.8, 4) is 0 Å². The van der Waals surface area contributed by atoms with E-state index in [1.54, 1.807) is 0 Å². The van der Waals surface area contributed by atoms with E-state index >= 15 is 0 Å². The Hall–Kier alpha value is -0.790. The summed E-state index contributed by atoms with van der Waals surface area (Å²) in [6.45, 7) is 11.6. The third kappa shape index (κ3) is 8.04. The Morgan fingerprint density at radius 3 is 2.00 bits per heavy atom. The molecule has 0 N–H and O–H groups in total. The number of rotatable bonds is 14. The van der Waals surface area contributed by atoms with Gasteiger partial charge in [-0.3, -0.25) is 0 Å². The van der Waals surface area contributed by atoms with E-state index in [1.807, 2.05) is 0 Å². The molecule has 1 heterocycles. The number of imidazole rings is 1. The average Bonchev–Trinajstić information content (AvgIpc) is 2.93. The Morgan fingerprint density at radius 2 is 1.39 bits per heavy atom. The molecule has 1 rings (SSSR count). The lowest BCUT2D eigenvalue weighted by atomic mass is 10.1. The van der Waals surface area contributed by atoms with Crippen LogP contribution < -0.4 is 4.57 Å². The second kappa shape index (κ2) is 12.6. The molecule has 23 heavy (non-hydrogen) atoms. The molecule has 0 amide bonds. The van der Waals surface area contributed by atoms with Gasteiger partial charge in [0.25, 0.3) is 5.82 Å². The number of nitrogens with zero attached hydrogens (tertiary/aromatic N) is 2. The molecule has 2 heteroatoms. The van der Waals surface area contributed by atoms with Gasteiger partial charge in [-0.2, -0.15) is 0 Å². The first kappa shape index (κ1) is 20.3. The first-order chi connectivity index (χ1) is 11.2. The number of unbranched alkanes of at least 4 members (excludes halogenated alkanes) is 9. The standard InChI is InChI=1S/C21H41N2/c1-5-7-9-10-11-12-13-15-17-23-19-18-22(16-14-8-6-2)21(23)20(3)4/h18-20H,5-17H2,1-4H3/q+1. The Kier molecular flexibility index (Phi) is 11.1. The summed E-state index contributed by atoms with van der Waals surface area (Å²) in [6.07, 6.45) is 19.8. The van der Waals surface area contributed by atoms with E-state index in [0.29, 0.717) is 5.92 Å². The Bertz CT molecular complexity index is 393. The van der Waals surface area contributed by atoms with Gasteiger partial charge >= 0.3 is 0 Å². The molecule has 2 nitrogen and oxygen atoms in total. The lowest BCUT2D eigenvalue weighted by Gasteiger charge is -2.08. The van der Waals surface area contributed by atoms with Crippen LogP contribution in [0.4, 0.5) is 0 Å². The van der Waals surface area contributed by atoms with Gasteiger partial charge in [0.05, 0.1) is 19.0 Å². The van der Waals surface area contributed by atoms with E-state index in [2.05, 4.69) is 49.2 Å². The molecular formula is C21H41N2+. The molecule has 1 aromatic heterocycles. The van der Waals surface area contributed by atoms with Gasteiger partial charge in [-0.15, -0.1) is 0 Å². The lowest BCUT2D eigenvalue weighted by Crippen LogP contribution is -2.38. The Balaban J connectivity index is 2.32. The van der Waals surface area contributed by atoms with Crippen molar-refractivity contribution in [2.24, 2.45) is 0 Å². The van der Waals surface area contributed by atoms with Gasteiger partial charge in [-0.1, -0.05) is 72.6 Å². The van der Waals surface area contributed by atoms with Gasteiger partial charge in [-0.25, -0.2) is 9.13 Å². The largest absolute Gasteiger partial charge is 0.258 e. The summed E-state index contributed by atoms with van der Waals surface area (Å²) in [5.74, 6) is 2.13. The van der Waals surface area contributed by atoms with Crippen molar-refractivity contribution in [1.29, 1.82) is 0 Å². The van der Waals surface area contributed by atoms with Crippen LogP contribution in [-0.2, 0) is 13.1 Å². The van der Waals surface area contributed by atoms with E-state index in [4.69, 9.17) is 0 Å². The highest BCUT2D eigenvalue weighted by Gasteiger charge is 2.19. The third-order valence-corrected chi connectivity index (χ3v) is 4.79. The van der Waals surface area contributed by atoms with Gasteiger partial charge in [0.15, 0.2) is 0 Å². The van der Waals surface area contributed by atoms with Crippen molar-refractivity contribution in [3.63, 3.8) is 0 Å². The molecule has 0 unspecified atom stereocenters.